The molecule has 1 aliphatic rings. The molecular formula is C28H23F3N2O3. The quantitative estimate of drug-likeness (QED) is 0.293. The maximum Gasteiger partial charge on any atom is 0.416 e. The van der Waals surface area contributed by atoms with Gasteiger partial charge in [0.25, 0.3) is 0 Å². The van der Waals surface area contributed by atoms with Gasteiger partial charge in [0.05, 0.1) is 11.3 Å². The number of carboxylic acids is 1. The van der Waals surface area contributed by atoms with Gasteiger partial charge in [-0.3, -0.25) is 4.79 Å². The van der Waals surface area contributed by atoms with E-state index in [1.807, 2.05) is 36.4 Å². The summed E-state index contributed by atoms with van der Waals surface area (Å²) in [7, 11) is 0. The van der Waals surface area contributed by atoms with Crippen LogP contribution in [0.3, 0.4) is 0 Å². The van der Waals surface area contributed by atoms with E-state index in [9.17, 15) is 18.0 Å². The standard InChI is InChI=1S/C28H23F3N2O3/c29-28(30,31)21-11-7-19(8-12-21)27-32-15-20(26(33-27)18-5-6-18)16-36-24-13-9-17(10-14-25(34)35)22-3-1-2-4-23(22)24/h1-4,7-9,11-13,15,18H,5-6,10,14,16H2,(H,34,35). The van der Waals surface area contributed by atoms with Gasteiger partial charge in [0.1, 0.15) is 12.4 Å². The summed E-state index contributed by atoms with van der Waals surface area (Å²) in [5, 5.41) is 10.9. The normalized spacial score (nSPS) is 13.6. The summed E-state index contributed by atoms with van der Waals surface area (Å²) in [4.78, 5) is 20.1. The molecule has 1 saturated carbocycles. The molecule has 0 spiro atoms. The van der Waals surface area contributed by atoms with E-state index < -0.39 is 17.7 Å². The van der Waals surface area contributed by atoms with Gasteiger partial charge in [-0.1, -0.05) is 42.5 Å². The molecule has 8 heteroatoms. The minimum Gasteiger partial charge on any atom is -0.488 e. The number of carboxylic acid groups (broad SMARTS) is 1. The van der Waals surface area contributed by atoms with Gasteiger partial charge in [-0.2, -0.15) is 13.2 Å². The van der Waals surface area contributed by atoms with Crippen molar-refractivity contribution in [3.05, 3.63) is 89.2 Å². The lowest BCUT2D eigenvalue weighted by Crippen LogP contribution is -2.06. The molecule has 0 unspecified atom stereocenters. The average molecular weight is 492 g/mol. The summed E-state index contributed by atoms with van der Waals surface area (Å²) in [6, 6.07) is 16.3. The van der Waals surface area contributed by atoms with Crippen LogP contribution in [0.15, 0.2) is 66.9 Å². The number of ether oxygens (including phenoxy) is 1. The maximum absolute atomic E-state index is 12.9. The highest BCUT2D eigenvalue weighted by molar-refractivity contribution is 5.91. The first-order valence-corrected chi connectivity index (χ1v) is 11.7. The number of rotatable bonds is 8. The second-order valence-corrected chi connectivity index (χ2v) is 8.90. The first kappa shape index (κ1) is 23.8. The van der Waals surface area contributed by atoms with E-state index in [1.165, 1.54) is 12.1 Å². The van der Waals surface area contributed by atoms with Crippen LogP contribution >= 0.6 is 0 Å². The van der Waals surface area contributed by atoms with E-state index in [1.54, 1.807) is 6.20 Å². The number of fused-ring (bicyclic) bond motifs is 1. The zero-order valence-electron chi connectivity index (χ0n) is 19.3. The van der Waals surface area contributed by atoms with E-state index in [4.69, 9.17) is 14.8 Å². The lowest BCUT2D eigenvalue weighted by atomic mass is 10.00. The number of aromatic nitrogens is 2. The number of nitrogens with zero attached hydrogens (tertiary/aromatic N) is 2. The van der Waals surface area contributed by atoms with Gasteiger partial charge in [-0.15, -0.1) is 0 Å². The van der Waals surface area contributed by atoms with Crippen molar-refractivity contribution < 1.29 is 27.8 Å². The minimum atomic E-state index is -4.39. The third kappa shape index (κ3) is 5.17. The fourth-order valence-corrected chi connectivity index (χ4v) is 4.26. The van der Waals surface area contributed by atoms with Crippen molar-refractivity contribution in [3.63, 3.8) is 0 Å². The molecule has 36 heavy (non-hydrogen) atoms. The van der Waals surface area contributed by atoms with E-state index in [0.29, 0.717) is 23.6 Å². The number of aryl methyl sites for hydroxylation is 1. The lowest BCUT2D eigenvalue weighted by molar-refractivity contribution is -0.138. The first-order chi connectivity index (χ1) is 17.3. The largest absolute Gasteiger partial charge is 0.488 e. The predicted molar refractivity (Wildman–Crippen MR) is 129 cm³/mol. The second-order valence-electron chi connectivity index (χ2n) is 8.90. The number of hydrogen-bond acceptors (Lipinski definition) is 4. The number of alkyl halides is 3. The molecule has 3 aromatic carbocycles. The van der Waals surface area contributed by atoms with Gasteiger partial charge < -0.3 is 9.84 Å². The summed E-state index contributed by atoms with van der Waals surface area (Å²) >= 11 is 0. The Morgan fingerprint density at radius 3 is 2.36 bits per heavy atom. The van der Waals surface area contributed by atoms with E-state index in [-0.39, 0.29) is 18.9 Å². The molecule has 0 amide bonds. The summed E-state index contributed by atoms with van der Waals surface area (Å²) in [6.45, 7) is 0.248. The Morgan fingerprint density at radius 2 is 1.69 bits per heavy atom. The Morgan fingerprint density at radius 1 is 0.972 bits per heavy atom. The summed E-state index contributed by atoms with van der Waals surface area (Å²) < 4.78 is 44.9. The van der Waals surface area contributed by atoms with E-state index in [2.05, 4.69) is 4.98 Å². The molecule has 1 heterocycles. The zero-order valence-corrected chi connectivity index (χ0v) is 19.3. The summed E-state index contributed by atoms with van der Waals surface area (Å²) in [5.74, 6) is 0.516. The first-order valence-electron chi connectivity index (χ1n) is 11.7. The van der Waals surface area contributed by atoms with Crippen LogP contribution in [0.25, 0.3) is 22.2 Å². The van der Waals surface area contributed by atoms with Crippen LogP contribution in [-0.4, -0.2) is 21.0 Å². The number of aliphatic carboxylic acids is 1. The zero-order chi connectivity index (χ0) is 25.3. The third-order valence-electron chi connectivity index (χ3n) is 6.30. The average Bonchev–Trinajstić information content (AvgIpc) is 3.71. The van der Waals surface area contributed by atoms with Crippen LogP contribution in [-0.2, 0) is 24.0 Å². The minimum absolute atomic E-state index is 0.0531. The number of benzene rings is 3. The molecule has 5 rings (SSSR count). The van der Waals surface area contributed by atoms with Crippen molar-refractivity contribution in [1.82, 2.24) is 9.97 Å². The van der Waals surface area contributed by atoms with Gasteiger partial charge in [0.2, 0.25) is 0 Å². The van der Waals surface area contributed by atoms with Gasteiger partial charge >= 0.3 is 12.1 Å². The number of carbonyl (C=O) groups is 1. The molecule has 1 fully saturated rings. The number of hydrogen-bond donors (Lipinski definition) is 1. The smallest absolute Gasteiger partial charge is 0.416 e. The van der Waals surface area contributed by atoms with Crippen LogP contribution in [0.2, 0.25) is 0 Å². The van der Waals surface area contributed by atoms with Crippen LogP contribution in [0.5, 0.6) is 5.75 Å². The van der Waals surface area contributed by atoms with Crippen molar-refractivity contribution in [3.8, 4) is 17.1 Å². The number of halogens is 3. The Hall–Kier alpha value is -3.94. The van der Waals surface area contributed by atoms with Crippen molar-refractivity contribution in [2.45, 2.75) is 44.4 Å². The molecule has 0 saturated heterocycles. The molecule has 184 valence electrons. The van der Waals surface area contributed by atoms with E-state index in [0.717, 1.165) is 52.6 Å². The fourth-order valence-electron chi connectivity index (χ4n) is 4.26. The third-order valence-corrected chi connectivity index (χ3v) is 6.30. The highest BCUT2D eigenvalue weighted by Gasteiger charge is 2.31. The molecule has 0 aliphatic heterocycles. The second kappa shape index (κ2) is 9.60. The van der Waals surface area contributed by atoms with E-state index >= 15 is 0 Å². The van der Waals surface area contributed by atoms with Gasteiger partial charge in [-0.25, -0.2) is 9.97 Å². The summed E-state index contributed by atoms with van der Waals surface area (Å²) in [6.07, 6.45) is -0.219. The van der Waals surface area contributed by atoms with Crippen molar-refractivity contribution in [2.75, 3.05) is 0 Å². The molecule has 4 aromatic rings. The molecule has 5 nitrogen and oxygen atoms in total. The lowest BCUT2D eigenvalue weighted by Gasteiger charge is -2.14. The highest BCUT2D eigenvalue weighted by atomic mass is 19.4. The molecule has 1 aliphatic carbocycles. The Kier molecular flexibility index (Phi) is 6.35. The van der Waals surface area contributed by atoms with Gasteiger partial charge in [-0.05, 0) is 48.4 Å². The molecule has 0 atom stereocenters. The van der Waals surface area contributed by atoms with Crippen LogP contribution in [0.1, 0.15) is 47.6 Å². The van der Waals surface area contributed by atoms with Crippen LogP contribution in [0, 0.1) is 0 Å². The molecule has 1 aromatic heterocycles. The summed E-state index contributed by atoms with van der Waals surface area (Å²) in [5.41, 5.74) is 2.47. The van der Waals surface area contributed by atoms with Gasteiger partial charge in [0, 0.05) is 35.0 Å². The van der Waals surface area contributed by atoms with Crippen molar-refractivity contribution in [2.24, 2.45) is 0 Å². The van der Waals surface area contributed by atoms with Crippen molar-refractivity contribution in [1.29, 1.82) is 0 Å². The van der Waals surface area contributed by atoms with Crippen LogP contribution in [0.4, 0.5) is 13.2 Å². The topological polar surface area (TPSA) is 72.3 Å². The SMILES string of the molecule is O=C(O)CCc1ccc(OCc2cnc(-c3ccc(C(F)(F)F)cc3)nc2C2CC2)c2ccccc12. The Bertz CT molecular complexity index is 1410. The molecule has 0 bridgehead atoms. The predicted octanol–water partition coefficient (Wildman–Crippen LogP) is 6.79. The highest BCUT2D eigenvalue weighted by Crippen LogP contribution is 2.41. The molecular weight excluding hydrogens is 469 g/mol. The van der Waals surface area contributed by atoms with Gasteiger partial charge in [0.15, 0.2) is 5.82 Å². The monoisotopic (exact) mass is 492 g/mol. The van der Waals surface area contributed by atoms with Crippen molar-refractivity contribution >= 4 is 16.7 Å². The Labute approximate surface area is 205 Å². The fraction of sp³-hybridized carbons (Fsp3) is 0.250. The molecule has 0 radical (unpaired) electrons. The maximum atomic E-state index is 12.9. The Balaban J connectivity index is 1.39. The van der Waals surface area contributed by atoms with Crippen LogP contribution < -0.4 is 4.74 Å². The molecule has 1 N–H and O–H groups in total.